The van der Waals surface area contributed by atoms with Crippen LogP contribution < -0.4 is 5.73 Å². The standard InChI is InChI=1S/C10H21N3O2S/c11-6-9-13(10-4-3-5-10)16(14,15)12-7-1-2-8-12/h10H,1-9,11H2. The van der Waals surface area contributed by atoms with Gasteiger partial charge in [-0.25, -0.2) is 0 Å². The number of rotatable bonds is 5. The van der Waals surface area contributed by atoms with E-state index in [0.29, 0.717) is 26.2 Å². The molecule has 0 radical (unpaired) electrons. The predicted octanol–water partition coefficient (Wildman–Crippen LogP) is 0.140. The molecule has 0 unspecified atom stereocenters. The van der Waals surface area contributed by atoms with E-state index in [1.165, 1.54) is 0 Å². The highest BCUT2D eigenvalue weighted by atomic mass is 32.2. The van der Waals surface area contributed by atoms with Gasteiger partial charge >= 0.3 is 0 Å². The van der Waals surface area contributed by atoms with Gasteiger partial charge in [0, 0.05) is 32.2 Å². The fourth-order valence-corrected chi connectivity index (χ4v) is 4.30. The molecule has 1 heterocycles. The van der Waals surface area contributed by atoms with E-state index in [1.807, 2.05) is 0 Å². The van der Waals surface area contributed by atoms with E-state index in [4.69, 9.17) is 5.73 Å². The van der Waals surface area contributed by atoms with Crippen LogP contribution in [0.3, 0.4) is 0 Å². The molecule has 2 rings (SSSR count). The smallest absolute Gasteiger partial charge is 0.282 e. The van der Waals surface area contributed by atoms with E-state index in [1.54, 1.807) is 8.61 Å². The summed E-state index contributed by atoms with van der Waals surface area (Å²) in [7, 11) is -3.24. The van der Waals surface area contributed by atoms with Gasteiger partial charge in [0.15, 0.2) is 0 Å². The van der Waals surface area contributed by atoms with E-state index in [0.717, 1.165) is 32.1 Å². The number of nitrogens with zero attached hydrogens (tertiary/aromatic N) is 2. The summed E-state index contributed by atoms with van der Waals surface area (Å²) in [5, 5.41) is 0. The van der Waals surface area contributed by atoms with Crippen LogP contribution in [0.4, 0.5) is 0 Å². The molecule has 0 aromatic rings. The predicted molar refractivity (Wildman–Crippen MR) is 63.1 cm³/mol. The monoisotopic (exact) mass is 247 g/mol. The van der Waals surface area contributed by atoms with Crippen molar-refractivity contribution in [1.82, 2.24) is 8.61 Å². The highest BCUT2D eigenvalue weighted by Crippen LogP contribution is 2.29. The maximum Gasteiger partial charge on any atom is 0.282 e. The van der Waals surface area contributed by atoms with Gasteiger partial charge < -0.3 is 5.73 Å². The quantitative estimate of drug-likeness (QED) is 0.751. The minimum absolute atomic E-state index is 0.203. The Morgan fingerprint density at radius 1 is 1.19 bits per heavy atom. The van der Waals surface area contributed by atoms with Crippen molar-refractivity contribution in [3.8, 4) is 0 Å². The van der Waals surface area contributed by atoms with Crippen molar-refractivity contribution in [2.75, 3.05) is 26.2 Å². The lowest BCUT2D eigenvalue weighted by Crippen LogP contribution is -2.51. The van der Waals surface area contributed by atoms with Crippen molar-refractivity contribution < 1.29 is 8.42 Å². The summed E-state index contributed by atoms with van der Waals surface area (Å²) >= 11 is 0. The lowest BCUT2D eigenvalue weighted by Gasteiger charge is -2.38. The molecule has 1 aliphatic heterocycles. The fraction of sp³-hybridized carbons (Fsp3) is 1.00. The van der Waals surface area contributed by atoms with E-state index >= 15 is 0 Å². The van der Waals surface area contributed by atoms with Crippen molar-refractivity contribution in [3.63, 3.8) is 0 Å². The van der Waals surface area contributed by atoms with E-state index < -0.39 is 10.2 Å². The molecule has 6 heteroatoms. The minimum atomic E-state index is -3.24. The topological polar surface area (TPSA) is 66.6 Å². The molecule has 0 aromatic heterocycles. The van der Waals surface area contributed by atoms with Crippen LogP contribution in [-0.2, 0) is 10.2 Å². The van der Waals surface area contributed by atoms with Crippen molar-refractivity contribution in [3.05, 3.63) is 0 Å². The summed E-state index contributed by atoms with van der Waals surface area (Å²) < 4.78 is 27.9. The van der Waals surface area contributed by atoms with Crippen molar-refractivity contribution in [2.45, 2.75) is 38.1 Å². The van der Waals surface area contributed by atoms with Gasteiger partial charge in [-0.3, -0.25) is 0 Å². The van der Waals surface area contributed by atoms with Crippen LogP contribution in [-0.4, -0.2) is 49.2 Å². The van der Waals surface area contributed by atoms with E-state index in [9.17, 15) is 8.42 Å². The van der Waals surface area contributed by atoms with Gasteiger partial charge in [0.2, 0.25) is 0 Å². The first kappa shape index (κ1) is 12.3. The normalized spacial score (nSPS) is 23.9. The Labute approximate surface area is 97.8 Å². The number of nitrogens with two attached hydrogens (primary N) is 1. The highest BCUT2D eigenvalue weighted by molar-refractivity contribution is 7.86. The molecule has 94 valence electrons. The molecule has 16 heavy (non-hydrogen) atoms. The molecular formula is C10H21N3O2S. The first-order chi connectivity index (χ1) is 7.66. The molecule has 0 atom stereocenters. The largest absolute Gasteiger partial charge is 0.329 e. The number of hydrogen-bond acceptors (Lipinski definition) is 3. The van der Waals surface area contributed by atoms with Crippen molar-refractivity contribution in [1.29, 1.82) is 0 Å². The zero-order valence-corrected chi connectivity index (χ0v) is 10.5. The van der Waals surface area contributed by atoms with Crippen LogP contribution in [0.25, 0.3) is 0 Å². The average Bonchev–Trinajstić information content (AvgIpc) is 2.67. The van der Waals surface area contributed by atoms with Gasteiger partial charge in [-0.15, -0.1) is 0 Å². The Hall–Kier alpha value is -0.170. The maximum absolute atomic E-state index is 12.4. The third-order valence-electron chi connectivity index (χ3n) is 3.52. The van der Waals surface area contributed by atoms with Crippen LogP contribution in [0.2, 0.25) is 0 Å². The second-order valence-corrected chi connectivity index (χ2v) is 6.48. The first-order valence-corrected chi connectivity index (χ1v) is 7.53. The molecule has 1 saturated carbocycles. The zero-order valence-electron chi connectivity index (χ0n) is 9.64. The maximum atomic E-state index is 12.4. The highest BCUT2D eigenvalue weighted by Gasteiger charge is 2.37. The third-order valence-corrected chi connectivity index (χ3v) is 5.61. The van der Waals surface area contributed by atoms with Crippen molar-refractivity contribution >= 4 is 10.2 Å². The molecule has 5 nitrogen and oxygen atoms in total. The molecule has 2 aliphatic rings. The second-order valence-electron chi connectivity index (χ2n) is 4.60. The molecule has 0 aromatic carbocycles. The van der Waals surface area contributed by atoms with Gasteiger partial charge in [-0.05, 0) is 25.7 Å². The van der Waals surface area contributed by atoms with Gasteiger partial charge in [0.25, 0.3) is 10.2 Å². The molecule has 2 N–H and O–H groups in total. The lowest BCUT2D eigenvalue weighted by molar-refractivity contribution is 0.210. The van der Waals surface area contributed by atoms with Crippen LogP contribution in [0, 0.1) is 0 Å². The van der Waals surface area contributed by atoms with E-state index in [2.05, 4.69) is 0 Å². The molecule has 0 bridgehead atoms. The minimum Gasteiger partial charge on any atom is -0.329 e. The van der Waals surface area contributed by atoms with Gasteiger partial charge in [-0.2, -0.15) is 17.0 Å². The third kappa shape index (κ3) is 2.25. The van der Waals surface area contributed by atoms with Gasteiger partial charge in [-0.1, -0.05) is 6.42 Å². The molecule has 2 fully saturated rings. The summed E-state index contributed by atoms with van der Waals surface area (Å²) in [6, 6.07) is 0.203. The molecule has 0 spiro atoms. The van der Waals surface area contributed by atoms with Crippen molar-refractivity contribution in [2.24, 2.45) is 5.73 Å². The molecule has 1 saturated heterocycles. The Kier molecular flexibility index (Phi) is 3.84. The van der Waals surface area contributed by atoms with Crippen LogP contribution in [0.15, 0.2) is 0 Å². The SMILES string of the molecule is NCCN(C1CCC1)S(=O)(=O)N1CCCC1. The van der Waals surface area contributed by atoms with Crippen LogP contribution in [0.1, 0.15) is 32.1 Å². The Balaban J connectivity index is 2.10. The average molecular weight is 247 g/mol. The summed E-state index contributed by atoms with van der Waals surface area (Å²) in [5.74, 6) is 0. The van der Waals surface area contributed by atoms with Crippen LogP contribution in [0.5, 0.6) is 0 Å². The molecular weight excluding hydrogens is 226 g/mol. The second kappa shape index (κ2) is 5.00. The summed E-state index contributed by atoms with van der Waals surface area (Å²) in [6.07, 6.45) is 5.10. The summed E-state index contributed by atoms with van der Waals surface area (Å²) in [5.41, 5.74) is 5.52. The Bertz CT molecular complexity index is 321. The summed E-state index contributed by atoms with van der Waals surface area (Å²) in [6.45, 7) is 2.22. The molecule has 0 amide bonds. The number of hydrogen-bond donors (Lipinski definition) is 1. The first-order valence-electron chi connectivity index (χ1n) is 6.13. The van der Waals surface area contributed by atoms with E-state index in [-0.39, 0.29) is 6.04 Å². The lowest BCUT2D eigenvalue weighted by atomic mass is 9.93. The Morgan fingerprint density at radius 2 is 1.81 bits per heavy atom. The summed E-state index contributed by atoms with van der Waals surface area (Å²) in [4.78, 5) is 0. The zero-order chi connectivity index (χ0) is 11.6. The van der Waals surface area contributed by atoms with Gasteiger partial charge in [0.05, 0.1) is 0 Å². The fourth-order valence-electron chi connectivity index (χ4n) is 2.36. The van der Waals surface area contributed by atoms with Crippen LogP contribution >= 0.6 is 0 Å². The molecule has 1 aliphatic carbocycles. The Morgan fingerprint density at radius 3 is 2.25 bits per heavy atom. The van der Waals surface area contributed by atoms with Gasteiger partial charge in [0.1, 0.15) is 0 Å².